The van der Waals surface area contributed by atoms with Crippen molar-refractivity contribution in [3.05, 3.63) is 77.6 Å². The van der Waals surface area contributed by atoms with Gasteiger partial charge in [0.05, 0.1) is 0 Å². The fourth-order valence-corrected chi connectivity index (χ4v) is 4.70. The van der Waals surface area contributed by atoms with Gasteiger partial charge in [-0.1, -0.05) is 0 Å². The predicted molar refractivity (Wildman–Crippen MR) is 124 cm³/mol. The van der Waals surface area contributed by atoms with Crippen molar-refractivity contribution in [2.75, 3.05) is 0 Å². The Hall–Kier alpha value is -1.78. The van der Waals surface area contributed by atoms with E-state index < -0.39 is 0 Å². The summed E-state index contributed by atoms with van der Waals surface area (Å²) in [4.78, 5) is 23.5. The molecule has 2 aliphatic rings. The summed E-state index contributed by atoms with van der Waals surface area (Å²) in [5.74, 6) is 0.0948. The number of fused-ring (bicyclic) bond motifs is 2. The van der Waals surface area contributed by atoms with E-state index in [2.05, 4.69) is 0 Å². The second kappa shape index (κ2) is 8.99. The third-order valence-corrected chi connectivity index (χ3v) is 7.17. The van der Waals surface area contributed by atoms with Crippen LogP contribution in [-0.2, 0) is 32.7 Å². The Bertz CT molecular complexity index is 1010. The van der Waals surface area contributed by atoms with E-state index in [1.807, 2.05) is 55.4 Å². The zero-order chi connectivity index (χ0) is 22.7. The van der Waals surface area contributed by atoms with Gasteiger partial charge in [0, 0.05) is 56.7 Å². The van der Waals surface area contributed by atoms with Gasteiger partial charge in [0.2, 0.25) is 0 Å². The third-order valence-electron chi connectivity index (χ3n) is 7.17. The number of ketones is 2. The van der Waals surface area contributed by atoms with Crippen LogP contribution in [0.25, 0.3) is 10.8 Å². The fourth-order valence-electron chi connectivity index (χ4n) is 4.70. The molecule has 0 fully saturated rings. The van der Waals surface area contributed by atoms with Crippen molar-refractivity contribution in [3.63, 3.8) is 0 Å². The van der Waals surface area contributed by atoms with Crippen molar-refractivity contribution in [2.45, 2.75) is 68.2 Å². The molecule has 2 aliphatic carbocycles. The van der Waals surface area contributed by atoms with E-state index in [4.69, 9.17) is 0 Å². The van der Waals surface area contributed by atoms with Crippen molar-refractivity contribution >= 4 is 23.0 Å². The van der Waals surface area contributed by atoms with Gasteiger partial charge in [-0.25, -0.2) is 0 Å². The molecule has 4 nitrogen and oxygen atoms in total. The molecule has 0 amide bonds. The van der Waals surface area contributed by atoms with Gasteiger partial charge in [-0.2, -0.15) is 11.4 Å². The summed E-state index contributed by atoms with van der Waals surface area (Å²) in [5, 5.41) is 19.5. The van der Waals surface area contributed by atoms with Crippen LogP contribution in [0.1, 0.15) is 89.2 Å². The minimum Gasteiger partial charge on any atom is -0.807 e. The van der Waals surface area contributed by atoms with Gasteiger partial charge in [-0.15, -0.1) is 0 Å². The topological polar surface area (TPSA) is 78.7 Å². The molecule has 0 N–H and O–H groups in total. The minimum absolute atomic E-state index is 0. The van der Waals surface area contributed by atoms with Crippen molar-refractivity contribution in [3.8, 4) is 0 Å². The normalized spacial score (nSPS) is 14.2. The van der Waals surface area contributed by atoms with Crippen molar-refractivity contribution in [1.29, 1.82) is 0 Å². The molecule has 0 aromatic heterocycles. The number of benzene rings is 2. The SMILES string of the molecule is Cc1c(C)c(C)c2c(c1C)C(=[N-])CC2=O.Cc1c(C)c(C)c2c(c1C)C(=[N-])CC2=O.[Y]. The van der Waals surface area contributed by atoms with Crippen molar-refractivity contribution in [2.24, 2.45) is 0 Å². The molecule has 0 unspecified atom stereocenters. The summed E-state index contributed by atoms with van der Waals surface area (Å²) in [6.45, 7) is 16.0. The molecule has 159 valence electrons. The van der Waals surface area contributed by atoms with Crippen LogP contribution in [0, 0.1) is 55.4 Å². The molecule has 2 aromatic rings. The van der Waals surface area contributed by atoms with E-state index in [1.165, 1.54) is 11.1 Å². The van der Waals surface area contributed by atoms with Gasteiger partial charge in [0.1, 0.15) is 0 Å². The molecular formula is C26H28N2O2Y-2. The van der Waals surface area contributed by atoms with Gasteiger partial charge in [0.15, 0.2) is 11.6 Å². The first-order chi connectivity index (χ1) is 13.9. The molecule has 0 heterocycles. The number of Topliss-reactive ketones (excluding diaryl/α,β-unsaturated/α-hetero) is 2. The van der Waals surface area contributed by atoms with Crippen LogP contribution in [-0.4, -0.2) is 23.0 Å². The zero-order valence-electron chi connectivity index (χ0n) is 19.7. The summed E-state index contributed by atoms with van der Waals surface area (Å²) < 4.78 is 0. The Kier molecular flexibility index (Phi) is 7.39. The Labute approximate surface area is 210 Å². The third kappa shape index (κ3) is 3.94. The van der Waals surface area contributed by atoms with Crippen LogP contribution < -0.4 is 0 Å². The van der Waals surface area contributed by atoms with Gasteiger partial charge < -0.3 is 10.8 Å². The molecule has 0 atom stereocenters. The molecule has 0 aliphatic heterocycles. The van der Waals surface area contributed by atoms with E-state index in [-0.39, 0.29) is 68.5 Å². The number of rotatable bonds is 0. The molecule has 1 radical (unpaired) electrons. The van der Waals surface area contributed by atoms with Gasteiger partial charge in [0.25, 0.3) is 0 Å². The van der Waals surface area contributed by atoms with Crippen molar-refractivity contribution in [1.82, 2.24) is 0 Å². The van der Waals surface area contributed by atoms with E-state index >= 15 is 0 Å². The molecule has 0 spiro atoms. The van der Waals surface area contributed by atoms with Crippen LogP contribution in [0.15, 0.2) is 0 Å². The molecule has 0 saturated heterocycles. The Morgan fingerprint density at radius 2 is 0.677 bits per heavy atom. The summed E-state index contributed by atoms with van der Waals surface area (Å²) in [6.07, 6.45) is 0.333. The van der Waals surface area contributed by atoms with Crippen LogP contribution in [0.4, 0.5) is 0 Å². The minimum atomic E-state index is 0. The van der Waals surface area contributed by atoms with Crippen LogP contribution in [0.2, 0.25) is 0 Å². The van der Waals surface area contributed by atoms with Crippen molar-refractivity contribution < 1.29 is 42.3 Å². The summed E-state index contributed by atoms with van der Waals surface area (Å²) in [6, 6.07) is 0. The Balaban J connectivity index is 0.000000213. The number of nitrogens with zero attached hydrogens (tertiary/aromatic N) is 2. The maximum atomic E-state index is 11.7. The summed E-state index contributed by atoms with van der Waals surface area (Å²) >= 11 is 0. The van der Waals surface area contributed by atoms with E-state index in [0.717, 1.165) is 55.6 Å². The number of carbonyl (C=O) groups is 2. The van der Waals surface area contributed by atoms with E-state index in [0.29, 0.717) is 0 Å². The second-order valence-corrected chi connectivity index (χ2v) is 8.59. The monoisotopic (exact) mass is 489 g/mol. The van der Waals surface area contributed by atoms with Crippen LogP contribution in [0.5, 0.6) is 0 Å². The summed E-state index contributed by atoms with van der Waals surface area (Å²) in [5.41, 5.74) is 12.3. The molecule has 31 heavy (non-hydrogen) atoms. The Morgan fingerprint density at radius 3 is 0.935 bits per heavy atom. The van der Waals surface area contributed by atoms with Gasteiger partial charge in [-0.3, -0.25) is 9.59 Å². The first-order valence-corrected chi connectivity index (χ1v) is 10.3. The number of carbonyl (C=O) groups excluding carboxylic acids is 2. The smallest absolute Gasteiger partial charge is 0.166 e. The number of hydrogen-bond acceptors (Lipinski definition) is 2. The molecule has 2 aromatic carbocycles. The summed E-state index contributed by atoms with van der Waals surface area (Å²) in [7, 11) is 0. The number of hydrogen-bond donors (Lipinski definition) is 0. The van der Waals surface area contributed by atoms with E-state index in [1.54, 1.807) is 0 Å². The average molecular weight is 489 g/mol. The maximum Gasteiger partial charge on any atom is 0.166 e. The first-order valence-electron chi connectivity index (χ1n) is 10.3. The molecular weight excluding hydrogens is 461 g/mol. The molecule has 0 saturated carbocycles. The van der Waals surface area contributed by atoms with Gasteiger partial charge in [-0.05, 0) is 111 Å². The molecule has 4 rings (SSSR count). The predicted octanol–water partition coefficient (Wildman–Crippen LogP) is 5.73. The quantitative estimate of drug-likeness (QED) is 0.474. The molecule has 0 bridgehead atoms. The first kappa shape index (κ1) is 25.5. The van der Waals surface area contributed by atoms with Crippen LogP contribution in [0.3, 0.4) is 0 Å². The zero-order valence-corrected chi connectivity index (χ0v) is 22.5. The second-order valence-electron chi connectivity index (χ2n) is 8.59. The average Bonchev–Trinajstić information content (AvgIpc) is 3.16. The van der Waals surface area contributed by atoms with Gasteiger partial charge >= 0.3 is 0 Å². The van der Waals surface area contributed by atoms with Crippen LogP contribution >= 0.6 is 0 Å². The molecule has 5 heteroatoms. The fraction of sp³-hybridized carbons (Fsp3) is 0.385. The maximum absolute atomic E-state index is 11.7. The van der Waals surface area contributed by atoms with E-state index in [9.17, 15) is 20.4 Å². The standard InChI is InChI=1S/2C13H14NO.Y/c2*1-6-7(2)9(4)13-11(15)5-10(14)12(13)8(6)3;/h2*5H2,1-4H3;/q2*-1;. The Morgan fingerprint density at radius 1 is 0.452 bits per heavy atom. The largest absolute Gasteiger partial charge is 0.807 e.